The first-order chi connectivity index (χ1) is 19.9. The van der Waals surface area contributed by atoms with Crippen molar-refractivity contribution in [1.82, 2.24) is 0 Å². The van der Waals surface area contributed by atoms with Crippen LogP contribution < -0.4 is 0 Å². The van der Waals surface area contributed by atoms with Crippen LogP contribution in [0.25, 0.3) is 76.1 Å². The van der Waals surface area contributed by atoms with Crippen molar-refractivity contribution < 1.29 is 4.39 Å². The molecule has 8 aromatic carbocycles. The van der Waals surface area contributed by atoms with Gasteiger partial charge in [-0.15, -0.1) is 0 Å². The van der Waals surface area contributed by atoms with Crippen molar-refractivity contribution in [1.29, 1.82) is 0 Å². The van der Waals surface area contributed by atoms with E-state index in [2.05, 4.69) is 124 Å². The van der Waals surface area contributed by atoms with E-state index in [0.29, 0.717) is 5.39 Å². The third kappa shape index (κ3) is 3.52. The topological polar surface area (TPSA) is 0 Å². The highest BCUT2D eigenvalue weighted by molar-refractivity contribution is 6.29. The van der Waals surface area contributed by atoms with Gasteiger partial charge in [-0.25, -0.2) is 4.39 Å². The largest absolute Gasteiger partial charge is 0.206 e. The summed E-state index contributed by atoms with van der Waals surface area (Å²) in [6.45, 7) is 6.77. The Balaban J connectivity index is 1.50. The van der Waals surface area contributed by atoms with Crippen LogP contribution in [0, 0.1) is 5.82 Å². The summed E-state index contributed by atoms with van der Waals surface area (Å²) in [6, 6.07) is 42.9. The number of hydrogen-bond acceptors (Lipinski definition) is 0. The molecule has 0 saturated heterocycles. The van der Waals surface area contributed by atoms with Crippen molar-refractivity contribution in [2.24, 2.45) is 0 Å². The fourth-order valence-electron chi connectivity index (χ4n) is 6.85. The van der Waals surface area contributed by atoms with Gasteiger partial charge in [0.2, 0.25) is 0 Å². The predicted octanol–water partition coefficient (Wildman–Crippen LogP) is 11.7. The highest BCUT2D eigenvalue weighted by atomic mass is 19.1. The van der Waals surface area contributed by atoms with Crippen molar-refractivity contribution in [3.05, 3.63) is 133 Å². The monoisotopic (exact) mass is 528 g/mol. The molecule has 0 unspecified atom stereocenters. The van der Waals surface area contributed by atoms with Crippen LogP contribution in [-0.4, -0.2) is 0 Å². The van der Waals surface area contributed by atoms with Crippen molar-refractivity contribution in [3.8, 4) is 22.3 Å². The lowest BCUT2D eigenvalue weighted by molar-refractivity contribution is 0.590. The first-order valence-electron chi connectivity index (χ1n) is 14.3. The lowest BCUT2D eigenvalue weighted by Crippen LogP contribution is -2.10. The number of fused-ring (bicyclic) bond motifs is 2. The first kappa shape index (κ1) is 24.1. The van der Waals surface area contributed by atoms with Gasteiger partial charge in [0.15, 0.2) is 0 Å². The summed E-state index contributed by atoms with van der Waals surface area (Å²) >= 11 is 0. The molecule has 0 bridgehead atoms. The summed E-state index contributed by atoms with van der Waals surface area (Å²) in [5.41, 5.74) is 6.33. The van der Waals surface area contributed by atoms with E-state index in [1.807, 2.05) is 12.1 Å². The van der Waals surface area contributed by atoms with Gasteiger partial charge in [0, 0.05) is 10.8 Å². The first-order valence-corrected chi connectivity index (χ1v) is 14.3. The van der Waals surface area contributed by atoms with Crippen LogP contribution in [0.1, 0.15) is 26.3 Å². The zero-order chi connectivity index (χ0) is 27.9. The second-order valence-electron chi connectivity index (χ2n) is 12.3. The van der Waals surface area contributed by atoms with Gasteiger partial charge in [-0.2, -0.15) is 0 Å². The molecule has 0 nitrogen and oxygen atoms in total. The minimum Gasteiger partial charge on any atom is -0.206 e. The van der Waals surface area contributed by atoms with Crippen LogP contribution >= 0.6 is 0 Å². The maximum absolute atomic E-state index is 15.0. The van der Waals surface area contributed by atoms with Crippen LogP contribution in [0.3, 0.4) is 0 Å². The lowest BCUT2D eigenvalue weighted by atomic mass is 9.82. The van der Waals surface area contributed by atoms with Gasteiger partial charge >= 0.3 is 0 Å². The van der Waals surface area contributed by atoms with Crippen LogP contribution in [-0.2, 0) is 5.41 Å². The van der Waals surface area contributed by atoms with Gasteiger partial charge in [0.05, 0.1) is 0 Å². The van der Waals surface area contributed by atoms with Crippen LogP contribution in [0.5, 0.6) is 0 Å². The van der Waals surface area contributed by atoms with Gasteiger partial charge in [0.25, 0.3) is 0 Å². The van der Waals surface area contributed by atoms with E-state index in [9.17, 15) is 4.39 Å². The second kappa shape index (κ2) is 8.62. The highest BCUT2D eigenvalue weighted by Gasteiger charge is 2.20. The fraction of sp³-hybridized carbons (Fsp3) is 0.100. The number of benzene rings is 8. The van der Waals surface area contributed by atoms with E-state index in [4.69, 9.17) is 0 Å². The second-order valence-corrected chi connectivity index (χ2v) is 12.3. The molecule has 0 fully saturated rings. The highest BCUT2D eigenvalue weighted by Crippen LogP contribution is 2.47. The summed E-state index contributed by atoms with van der Waals surface area (Å²) in [7, 11) is 0. The van der Waals surface area contributed by atoms with Gasteiger partial charge in [-0.1, -0.05) is 136 Å². The Labute approximate surface area is 239 Å². The predicted molar refractivity (Wildman–Crippen MR) is 175 cm³/mol. The molecule has 0 heterocycles. The number of hydrogen-bond donors (Lipinski definition) is 0. The van der Waals surface area contributed by atoms with Crippen molar-refractivity contribution >= 4 is 53.9 Å². The van der Waals surface area contributed by atoms with Crippen LogP contribution in [0.15, 0.2) is 121 Å². The minimum absolute atomic E-state index is 0.102. The maximum atomic E-state index is 15.0. The zero-order valence-corrected chi connectivity index (χ0v) is 23.4. The molecule has 0 aliphatic heterocycles. The van der Waals surface area contributed by atoms with Crippen molar-refractivity contribution in [2.75, 3.05) is 0 Å². The van der Waals surface area contributed by atoms with Crippen LogP contribution in [0.2, 0.25) is 0 Å². The molecule has 41 heavy (non-hydrogen) atoms. The van der Waals surface area contributed by atoms with E-state index >= 15 is 0 Å². The molecular weight excluding hydrogens is 499 g/mol. The molecule has 0 saturated carbocycles. The summed E-state index contributed by atoms with van der Waals surface area (Å²) < 4.78 is 15.0. The van der Waals surface area contributed by atoms with E-state index in [1.165, 1.54) is 49.4 Å². The van der Waals surface area contributed by atoms with Gasteiger partial charge in [-0.3, -0.25) is 0 Å². The standard InChI is InChI=1S/C40H29F/c1-40(2,3)27-18-12-24(13-19-27)36-28-8-4-6-10-30(28)39(31-11-7-5-9-29(31)36)33-21-15-25-16-22-34-35(41)23-17-26-14-20-32(33)37(25)38(26)34/h4-23H,1-3H3. The Kier molecular flexibility index (Phi) is 5.06. The summed E-state index contributed by atoms with van der Waals surface area (Å²) in [4.78, 5) is 0. The molecule has 0 aliphatic carbocycles. The number of halogens is 1. The van der Waals surface area contributed by atoms with E-state index in [-0.39, 0.29) is 11.2 Å². The molecule has 1 heteroatoms. The minimum atomic E-state index is -0.171. The Morgan fingerprint density at radius 1 is 0.439 bits per heavy atom. The summed E-state index contributed by atoms with van der Waals surface area (Å²) in [5, 5.41) is 11.1. The van der Waals surface area contributed by atoms with E-state index < -0.39 is 0 Å². The Morgan fingerprint density at radius 3 is 1.51 bits per heavy atom. The SMILES string of the molecule is CC(C)(C)c1ccc(-c2c3ccccc3c(-c3ccc4ccc5c(F)ccc6ccc3c4c65)c3ccccc23)cc1. The number of rotatable bonds is 2. The molecule has 0 aliphatic rings. The quantitative estimate of drug-likeness (QED) is 0.155. The molecule has 0 aromatic heterocycles. The summed E-state index contributed by atoms with van der Waals surface area (Å²) in [5.74, 6) is -0.171. The van der Waals surface area contributed by atoms with Crippen molar-refractivity contribution in [3.63, 3.8) is 0 Å². The van der Waals surface area contributed by atoms with E-state index in [0.717, 1.165) is 26.9 Å². The smallest absolute Gasteiger partial charge is 0.131 e. The lowest BCUT2D eigenvalue weighted by Gasteiger charge is -2.21. The molecule has 8 rings (SSSR count). The molecule has 8 aromatic rings. The van der Waals surface area contributed by atoms with Gasteiger partial charge < -0.3 is 0 Å². The molecule has 0 N–H and O–H groups in total. The Hall–Kier alpha value is -4.75. The average molecular weight is 529 g/mol. The molecule has 196 valence electrons. The van der Waals surface area contributed by atoms with Crippen LogP contribution in [0.4, 0.5) is 4.39 Å². The van der Waals surface area contributed by atoms with Crippen molar-refractivity contribution in [2.45, 2.75) is 26.2 Å². The zero-order valence-electron chi connectivity index (χ0n) is 23.4. The van der Waals surface area contributed by atoms with E-state index in [1.54, 1.807) is 6.07 Å². The molecular formula is C40H29F. The Bertz CT molecular complexity index is 2220. The van der Waals surface area contributed by atoms with Gasteiger partial charge in [-0.05, 0) is 82.4 Å². The molecule has 0 radical (unpaired) electrons. The normalized spacial score (nSPS) is 12.4. The molecule has 0 spiro atoms. The molecule has 0 amide bonds. The maximum Gasteiger partial charge on any atom is 0.131 e. The third-order valence-electron chi connectivity index (χ3n) is 8.85. The summed E-state index contributed by atoms with van der Waals surface area (Å²) in [6.07, 6.45) is 0. The molecule has 0 atom stereocenters. The Morgan fingerprint density at radius 2 is 0.927 bits per heavy atom. The average Bonchev–Trinajstić information content (AvgIpc) is 2.99. The van der Waals surface area contributed by atoms with Gasteiger partial charge in [0.1, 0.15) is 5.82 Å². The third-order valence-corrected chi connectivity index (χ3v) is 8.85. The fourth-order valence-corrected chi connectivity index (χ4v) is 6.85.